The zero-order chi connectivity index (χ0) is 18.8. The van der Waals surface area contributed by atoms with E-state index < -0.39 is 5.97 Å². The molecule has 0 bridgehead atoms. The number of rotatable bonds is 17. The molecule has 4 nitrogen and oxygen atoms in total. The number of aliphatic carboxylic acids is 1. The van der Waals surface area contributed by atoms with Gasteiger partial charge in [-0.25, -0.2) is 0 Å². The quantitative estimate of drug-likeness (QED) is 0.150. The van der Waals surface area contributed by atoms with Crippen LogP contribution in [0.15, 0.2) is 12.2 Å². The molecule has 0 heterocycles. The van der Waals surface area contributed by atoms with Crippen molar-refractivity contribution in [3.63, 3.8) is 0 Å². The molecule has 0 spiro atoms. The highest BCUT2D eigenvalue weighted by Crippen LogP contribution is 2.13. The Morgan fingerprint density at radius 2 is 1.68 bits per heavy atom. The number of carboxylic acid groups (broad SMARTS) is 1. The first kappa shape index (κ1) is 24.0. The highest BCUT2D eigenvalue weighted by Gasteiger charge is 2.12. The number of carbonyl (C=O) groups is 2. The predicted octanol–water partition coefficient (Wildman–Crippen LogP) is 5.87. The van der Waals surface area contributed by atoms with Gasteiger partial charge in [0.15, 0.2) is 0 Å². The monoisotopic (exact) mass is 374 g/mol. The summed E-state index contributed by atoms with van der Waals surface area (Å²) in [6, 6.07) is 0. The molecule has 0 aromatic carbocycles. The molecule has 0 rings (SSSR count). The Kier molecular flexibility index (Phi) is 17.0. The maximum absolute atomic E-state index is 11.4. The third-order valence-corrected chi connectivity index (χ3v) is 4.33. The van der Waals surface area contributed by atoms with Crippen LogP contribution in [-0.2, 0) is 14.3 Å². The lowest BCUT2D eigenvalue weighted by Gasteiger charge is -2.15. The van der Waals surface area contributed by atoms with Gasteiger partial charge in [0.1, 0.15) is 12.0 Å². The molecule has 0 radical (unpaired) electrons. The van der Waals surface area contributed by atoms with Gasteiger partial charge in [-0.15, -0.1) is 11.6 Å². The number of alkyl halides is 1. The molecule has 0 amide bonds. The van der Waals surface area contributed by atoms with E-state index in [0.717, 1.165) is 57.8 Å². The normalized spacial score (nSPS) is 12.4. The summed E-state index contributed by atoms with van der Waals surface area (Å²) in [6.07, 6.45) is 16.9. The van der Waals surface area contributed by atoms with E-state index in [4.69, 9.17) is 21.4 Å². The van der Waals surface area contributed by atoms with Crippen molar-refractivity contribution in [1.29, 1.82) is 0 Å². The molecular weight excluding hydrogens is 340 g/mol. The molecule has 0 saturated carbocycles. The summed E-state index contributed by atoms with van der Waals surface area (Å²) in [5, 5.41) is 8.56. The van der Waals surface area contributed by atoms with Gasteiger partial charge in [0.05, 0.1) is 0 Å². The van der Waals surface area contributed by atoms with Gasteiger partial charge >= 0.3 is 11.9 Å². The van der Waals surface area contributed by atoms with Crippen LogP contribution in [0.4, 0.5) is 0 Å². The Balaban J connectivity index is 3.80. The van der Waals surface area contributed by atoms with E-state index in [9.17, 15) is 9.59 Å². The highest BCUT2D eigenvalue weighted by atomic mass is 35.5. The van der Waals surface area contributed by atoms with Crippen LogP contribution in [-0.4, -0.2) is 29.0 Å². The molecule has 0 saturated heterocycles. The number of allylic oxidation sites excluding steroid dienone is 1. The van der Waals surface area contributed by atoms with Gasteiger partial charge in [0.25, 0.3) is 0 Å². The molecule has 0 fully saturated rings. The maximum atomic E-state index is 11.4. The smallest absolute Gasteiger partial charge is 0.321 e. The first-order valence-corrected chi connectivity index (χ1v) is 10.3. The fourth-order valence-corrected chi connectivity index (χ4v) is 2.74. The van der Waals surface area contributed by atoms with Gasteiger partial charge in [-0.2, -0.15) is 0 Å². The Morgan fingerprint density at radius 1 is 1.00 bits per heavy atom. The number of hydrogen-bond donors (Lipinski definition) is 1. The second-order valence-electron chi connectivity index (χ2n) is 6.50. The van der Waals surface area contributed by atoms with E-state index in [1.54, 1.807) is 0 Å². The Bertz CT molecular complexity index is 369. The number of carbonyl (C=O) groups excluding carboxylic acids is 1. The van der Waals surface area contributed by atoms with Crippen LogP contribution >= 0.6 is 11.6 Å². The first-order chi connectivity index (χ1) is 12.1. The fraction of sp³-hybridized carbons (Fsp3) is 0.800. The van der Waals surface area contributed by atoms with Crippen molar-refractivity contribution >= 4 is 23.5 Å². The van der Waals surface area contributed by atoms with Crippen LogP contribution in [0, 0.1) is 0 Å². The topological polar surface area (TPSA) is 63.6 Å². The molecule has 0 aliphatic heterocycles. The van der Waals surface area contributed by atoms with Crippen molar-refractivity contribution in [2.45, 2.75) is 96.5 Å². The molecule has 1 atom stereocenters. The van der Waals surface area contributed by atoms with Crippen molar-refractivity contribution in [3.05, 3.63) is 12.2 Å². The number of ether oxygens (including phenoxy) is 1. The van der Waals surface area contributed by atoms with Crippen LogP contribution in [0.1, 0.15) is 90.4 Å². The van der Waals surface area contributed by atoms with Gasteiger partial charge in [-0.3, -0.25) is 9.59 Å². The van der Waals surface area contributed by atoms with Gasteiger partial charge in [-0.1, -0.05) is 57.6 Å². The molecule has 0 aromatic rings. The van der Waals surface area contributed by atoms with Crippen molar-refractivity contribution in [2.24, 2.45) is 0 Å². The minimum Gasteiger partial charge on any atom is -0.481 e. The molecule has 0 aromatic heterocycles. The van der Waals surface area contributed by atoms with Gasteiger partial charge < -0.3 is 9.84 Å². The number of unbranched alkanes of at least 4 members (excludes halogenated alkanes) is 8. The lowest BCUT2D eigenvalue weighted by atomic mass is 10.1. The molecule has 0 aliphatic rings. The third-order valence-electron chi connectivity index (χ3n) is 4.11. The first-order valence-electron chi connectivity index (χ1n) is 9.72. The van der Waals surface area contributed by atoms with E-state index in [1.165, 1.54) is 19.3 Å². The molecule has 25 heavy (non-hydrogen) atoms. The van der Waals surface area contributed by atoms with Gasteiger partial charge in [-0.05, 0) is 32.1 Å². The molecular formula is C20H35ClO4. The Morgan fingerprint density at radius 3 is 2.36 bits per heavy atom. The van der Waals surface area contributed by atoms with Crippen molar-refractivity contribution < 1.29 is 19.4 Å². The lowest BCUT2D eigenvalue weighted by Crippen LogP contribution is -2.18. The van der Waals surface area contributed by atoms with Gasteiger partial charge in [0, 0.05) is 12.8 Å². The minimum absolute atomic E-state index is 0.0598. The molecule has 146 valence electrons. The van der Waals surface area contributed by atoms with Crippen LogP contribution in [0.25, 0.3) is 0 Å². The molecule has 5 heteroatoms. The molecule has 1 N–H and O–H groups in total. The summed E-state index contributed by atoms with van der Waals surface area (Å²) in [5.41, 5.74) is 0. The highest BCUT2D eigenvalue weighted by molar-refractivity contribution is 6.26. The standard InChI is InChI=1S/C20H35ClO4/c1-2-3-4-11-14-18(25-20(24)17-21)15-12-9-7-5-6-8-10-13-16-19(22)23/h9,12,18H,2-8,10-11,13-17H2,1H3,(H,22,23)/t18-/m1/s1. The molecule has 0 unspecified atom stereocenters. The lowest BCUT2D eigenvalue weighted by molar-refractivity contribution is -0.146. The number of halogens is 1. The third kappa shape index (κ3) is 17.6. The van der Waals surface area contributed by atoms with Crippen molar-refractivity contribution in [3.8, 4) is 0 Å². The average molecular weight is 375 g/mol. The average Bonchev–Trinajstić information content (AvgIpc) is 2.59. The zero-order valence-electron chi connectivity index (χ0n) is 15.7. The second-order valence-corrected chi connectivity index (χ2v) is 6.77. The van der Waals surface area contributed by atoms with Crippen LogP contribution < -0.4 is 0 Å². The second kappa shape index (κ2) is 17.8. The van der Waals surface area contributed by atoms with Crippen LogP contribution in [0.5, 0.6) is 0 Å². The fourth-order valence-electron chi connectivity index (χ4n) is 2.68. The summed E-state index contributed by atoms with van der Waals surface area (Å²) >= 11 is 5.53. The van der Waals surface area contributed by atoms with Crippen LogP contribution in [0.3, 0.4) is 0 Å². The van der Waals surface area contributed by atoms with Crippen molar-refractivity contribution in [1.82, 2.24) is 0 Å². The largest absolute Gasteiger partial charge is 0.481 e. The summed E-state index contributed by atoms with van der Waals surface area (Å²) < 4.78 is 5.40. The summed E-state index contributed by atoms with van der Waals surface area (Å²) in [4.78, 5) is 21.8. The summed E-state index contributed by atoms with van der Waals surface area (Å²) in [6.45, 7) is 2.18. The van der Waals surface area contributed by atoms with E-state index in [1.807, 2.05) is 0 Å². The number of hydrogen-bond acceptors (Lipinski definition) is 3. The summed E-state index contributed by atoms with van der Waals surface area (Å²) in [5.74, 6) is -1.13. The molecule has 0 aliphatic carbocycles. The van der Waals surface area contributed by atoms with E-state index in [-0.39, 0.29) is 24.4 Å². The van der Waals surface area contributed by atoms with E-state index in [0.29, 0.717) is 0 Å². The minimum atomic E-state index is -0.706. The van der Waals surface area contributed by atoms with E-state index in [2.05, 4.69) is 19.1 Å². The SMILES string of the molecule is CCCCCC[C@H](CC=CCCCCCCCC(=O)O)OC(=O)CCl. The Labute approximate surface area is 158 Å². The number of esters is 1. The van der Waals surface area contributed by atoms with Crippen LogP contribution in [0.2, 0.25) is 0 Å². The number of carboxylic acids is 1. The Hall–Kier alpha value is -1.03. The van der Waals surface area contributed by atoms with E-state index >= 15 is 0 Å². The van der Waals surface area contributed by atoms with Crippen molar-refractivity contribution in [2.75, 3.05) is 5.88 Å². The zero-order valence-corrected chi connectivity index (χ0v) is 16.4. The summed E-state index contributed by atoms with van der Waals surface area (Å²) in [7, 11) is 0. The predicted molar refractivity (Wildman–Crippen MR) is 103 cm³/mol. The van der Waals surface area contributed by atoms with Gasteiger partial charge in [0.2, 0.25) is 0 Å². The maximum Gasteiger partial charge on any atom is 0.321 e.